The molecule has 0 unspecified atom stereocenters. The Balaban J connectivity index is 1.52. The molecule has 3 heterocycles. The summed E-state index contributed by atoms with van der Waals surface area (Å²) >= 11 is 0. The molecule has 0 bridgehead atoms. The van der Waals surface area contributed by atoms with E-state index in [4.69, 9.17) is 0 Å². The number of ketones is 1. The third-order valence-electron chi connectivity index (χ3n) is 6.33. The highest BCUT2D eigenvalue weighted by Crippen LogP contribution is 2.54. The Morgan fingerprint density at radius 2 is 1.86 bits per heavy atom. The van der Waals surface area contributed by atoms with E-state index < -0.39 is 0 Å². The molecular weight excluding hydrogens is 350 g/mol. The summed E-state index contributed by atoms with van der Waals surface area (Å²) in [4.78, 5) is 27.9. The second-order valence-electron chi connectivity index (χ2n) is 8.10. The minimum absolute atomic E-state index is 0.0994. The molecule has 3 aliphatic rings. The Morgan fingerprint density at radius 3 is 2.54 bits per heavy atom. The molecule has 0 N–H and O–H groups in total. The van der Waals surface area contributed by atoms with Crippen LogP contribution >= 0.6 is 0 Å². The zero-order chi connectivity index (χ0) is 19.1. The lowest BCUT2D eigenvalue weighted by atomic mass is 9.86. The van der Waals surface area contributed by atoms with Gasteiger partial charge in [0.2, 0.25) is 0 Å². The van der Waals surface area contributed by atoms with Crippen LogP contribution in [0.1, 0.15) is 48.3 Å². The van der Waals surface area contributed by atoms with Crippen LogP contribution < -0.4 is 0 Å². The molecular formula is C22H21N5O. The van der Waals surface area contributed by atoms with Crippen molar-refractivity contribution in [2.75, 3.05) is 13.1 Å². The third kappa shape index (κ3) is 2.97. The summed E-state index contributed by atoms with van der Waals surface area (Å²) in [5.74, 6) is 0.610. The number of pyridine rings is 1. The summed E-state index contributed by atoms with van der Waals surface area (Å²) in [5.41, 5.74) is 4.38. The highest BCUT2D eigenvalue weighted by Gasteiger charge is 2.45. The van der Waals surface area contributed by atoms with Crippen LogP contribution in [0.4, 0.5) is 0 Å². The lowest BCUT2D eigenvalue weighted by Crippen LogP contribution is -2.36. The smallest absolute Gasteiger partial charge is 0.179 e. The number of allylic oxidation sites excluding steroid dienone is 1. The number of aromatic nitrogens is 3. The van der Waals surface area contributed by atoms with Crippen molar-refractivity contribution >= 4 is 11.5 Å². The number of fused-ring (bicyclic) bond motifs is 1. The standard InChI is InChI=1S/C22H21N5O/c23-13-18-19(28)10-15-14-26-16(12-20-24-6-1-7-25-20)11-17(15)21(18)27-8-4-22(2-3-22)5-9-27/h1,6-7,11,14H,2-5,8-10,12H2. The van der Waals surface area contributed by atoms with E-state index in [2.05, 4.69) is 25.9 Å². The molecule has 6 heteroatoms. The van der Waals surface area contributed by atoms with Gasteiger partial charge in [-0.2, -0.15) is 5.26 Å². The maximum Gasteiger partial charge on any atom is 0.179 e. The van der Waals surface area contributed by atoms with Crippen molar-refractivity contribution in [2.45, 2.75) is 38.5 Å². The minimum Gasteiger partial charge on any atom is -0.370 e. The average Bonchev–Trinajstić information content (AvgIpc) is 3.48. The number of hydrogen-bond acceptors (Lipinski definition) is 6. The molecule has 6 nitrogen and oxygen atoms in total. The second kappa shape index (κ2) is 6.52. The summed E-state index contributed by atoms with van der Waals surface area (Å²) in [6.07, 6.45) is 10.9. The fraction of sp³-hybridized carbons (Fsp3) is 0.409. The van der Waals surface area contributed by atoms with Crippen LogP contribution in [0.2, 0.25) is 0 Å². The number of Topliss-reactive ketones (excluding diaryl/α,β-unsaturated/α-hetero) is 1. The predicted octanol–water partition coefficient (Wildman–Crippen LogP) is 2.70. The summed E-state index contributed by atoms with van der Waals surface area (Å²) in [5, 5.41) is 9.72. The number of hydrogen-bond donors (Lipinski definition) is 0. The Bertz CT molecular complexity index is 1010. The number of rotatable bonds is 3. The molecule has 5 rings (SSSR count). The first-order chi connectivity index (χ1) is 13.7. The molecule has 1 saturated carbocycles. The maximum absolute atomic E-state index is 12.6. The van der Waals surface area contributed by atoms with Gasteiger partial charge in [0, 0.05) is 49.4 Å². The van der Waals surface area contributed by atoms with E-state index in [1.165, 1.54) is 12.8 Å². The Kier molecular flexibility index (Phi) is 3.97. The van der Waals surface area contributed by atoms with Crippen molar-refractivity contribution in [3.8, 4) is 6.07 Å². The van der Waals surface area contributed by atoms with E-state index in [0.29, 0.717) is 23.2 Å². The van der Waals surface area contributed by atoms with Gasteiger partial charge in [0.15, 0.2) is 5.78 Å². The summed E-state index contributed by atoms with van der Waals surface area (Å²) in [6.45, 7) is 1.82. The van der Waals surface area contributed by atoms with E-state index in [1.807, 2.05) is 6.07 Å². The summed E-state index contributed by atoms with van der Waals surface area (Å²) < 4.78 is 0. The lowest BCUT2D eigenvalue weighted by molar-refractivity contribution is -0.114. The molecule has 140 valence electrons. The summed E-state index contributed by atoms with van der Waals surface area (Å²) in [6, 6.07) is 6.00. The first-order valence-corrected chi connectivity index (χ1v) is 9.84. The summed E-state index contributed by atoms with van der Waals surface area (Å²) in [7, 11) is 0. The van der Waals surface area contributed by atoms with E-state index in [9.17, 15) is 10.1 Å². The van der Waals surface area contributed by atoms with Gasteiger partial charge in [0.05, 0.1) is 12.1 Å². The largest absolute Gasteiger partial charge is 0.370 e. The number of nitrogens with zero attached hydrogens (tertiary/aromatic N) is 5. The SMILES string of the molecule is N#CC1=C(N2CCC3(CC2)CC3)c2cc(Cc3ncccn3)ncc2CC1=O. The van der Waals surface area contributed by atoms with Gasteiger partial charge < -0.3 is 4.90 Å². The third-order valence-corrected chi connectivity index (χ3v) is 6.33. The van der Waals surface area contributed by atoms with Crippen LogP contribution in [0.15, 0.2) is 36.3 Å². The predicted molar refractivity (Wildman–Crippen MR) is 103 cm³/mol. The Morgan fingerprint density at radius 1 is 1.11 bits per heavy atom. The van der Waals surface area contributed by atoms with Crippen LogP contribution in [-0.2, 0) is 17.6 Å². The number of carbonyl (C=O) groups is 1. The van der Waals surface area contributed by atoms with Gasteiger partial charge in [-0.05, 0) is 48.8 Å². The first-order valence-electron chi connectivity index (χ1n) is 9.84. The fourth-order valence-electron chi connectivity index (χ4n) is 4.42. The molecule has 1 saturated heterocycles. The second-order valence-corrected chi connectivity index (χ2v) is 8.10. The number of likely N-dealkylation sites (tertiary alicyclic amines) is 1. The molecule has 2 aromatic rings. The van der Waals surface area contributed by atoms with Crippen molar-refractivity contribution in [1.82, 2.24) is 19.9 Å². The number of carbonyl (C=O) groups excluding carboxylic acids is 1. The molecule has 2 fully saturated rings. The number of nitriles is 1. The van der Waals surface area contributed by atoms with Crippen LogP contribution in [-0.4, -0.2) is 38.7 Å². The fourth-order valence-corrected chi connectivity index (χ4v) is 4.42. The Hall–Kier alpha value is -3.07. The lowest BCUT2D eigenvalue weighted by Gasteiger charge is -2.37. The molecule has 0 amide bonds. The van der Waals surface area contributed by atoms with Gasteiger partial charge in [-0.1, -0.05) is 0 Å². The maximum atomic E-state index is 12.6. The van der Waals surface area contributed by atoms with Crippen LogP contribution in [0.25, 0.3) is 5.70 Å². The molecule has 1 spiro atoms. The van der Waals surface area contributed by atoms with E-state index in [0.717, 1.165) is 48.4 Å². The molecule has 28 heavy (non-hydrogen) atoms. The highest BCUT2D eigenvalue weighted by atomic mass is 16.1. The quantitative estimate of drug-likeness (QED) is 0.825. The van der Waals surface area contributed by atoms with E-state index >= 15 is 0 Å². The highest BCUT2D eigenvalue weighted by molar-refractivity contribution is 6.09. The minimum atomic E-state index is -0.0994. The topological polar surface area (TPSA) is 82.8 Å². The van der Waals surface area contributed by atoms with Crippen LogP contribution in [0, 0.1) is 16.7 Å². The first kappa shape index (κ1) is 17.1. The molecule has 1 aliphatic heterocycles. The van der Waals surface area contributed by atoms with Gasteiger partial charge in [-0.3, -0.25) is 9.78 Å². The molecule has 0 aromatic carbocycles. The molecule has 0 atom stereocenters. The van der Waals surface area contributed by atoms with Crippen LogP contribution in [0.3, 0.4) is 0 Å². The van der Waals surface area contributed by atoms with Crippen LogP contribution in [0.5, 0.6) is 0 Å². The van der Waals surface area contributed by atoms with E-state index in [-0.39, 0.29) is 12.2 Å². The zero-order valence-corrected chi connectivity index (χ0v) is 15.7. The van der Waals surface area contributed by atoms with Gasteiger partial charge >= 0.3 is 0 Å². The number of piperidine rings is 1. The van der Waals surface area contributed by atoms with Gasteiger partial charge in [-0.15, -0.1) is 0 Å². The van der Waals surface area contributed by atoms with Crippen molar-refractivity contribution in [1.29, 1.82) is 5.26 Å². The molecule has 2 aromatic heterocycles. The van der Waals surface area contributed by atoms with Crippen molar-refractivity contribution < 1.29 is 4.79 Å². The monoisotopic (exact) mass is 371 g/mol. The average molecular weight is 371 g/mol. The van der Waals surface area contributed by atoms with Gasteiger partial charge in [0.1, 0.15) is 17.5 Å². The van der Waals surface area contributed by atoms with Gasteiger partial charge in [0.25, 0.3) is 0 Å². The molecule has 0 radical (unpaired) electrons. The Labute approximate surface area is 163 Å². The van der Waals surface area contributed by atoms with Gasteiger partial charge in [-0.25, -0.2) is 9.97 Å². The van der Waals surface area contributed by atoms with Crippen molar-refractivity contribution in [2.24, 2.45) is 5.41 Å². The van der Waals surface area contributed by atoms with E-state index in [1.54, 1.807) is 24.7 Å². The zero-order valence-electron chi connectivity index (χ0n) is 15.7. The molecule has 2 aliphatic carbocycles. The van der Waals surface area contributed by atoms with Crippen molar-refractivity contribution in [3.63, 3.8) is 0 Å². The normalized spacial score (nSPS) is 20.1. The van der Waals surface area contributed by atoms with Crippen molar-refractivity contribution in [3.05, 3.63) is 58.9 Å².